The summed E-state index contributed by atoms with van der Waals surface area (Å²) in [6, 6.07) is 11.1. The van der Waals surface area contributed by atoms with Gasteiger partial charge in [-0.2, -0.15) is 0 Å². The number of hydrogen-bond donors (Lipinski definition) is 2. The first-order valence-electron chi connectivity index (χ1n) is 7.48. The van der Waals surface area contributed by atoms with Gasteiger partial charge in [-0.05, 0) is 42.8 Å². The number of nitrogens with one attached hydrogen (secondary N) is 2. The van der Waals surface area contributed by atoms with Crippen molar-refractivity contribution in [2.24, 2.45) is 0 Å². The van der Waals surface area contributed by atoms with Gasteiger partial charge in [0.15, 0.2) is 0 Å². The van der Waals surface area contributed by atoms with Gasteiger partial charge in [0.1, 0.15) is 0 Å². The number of amides is 1. The van der Waals surface area contributed by atoms with Crippen molar-refractivity contribution >= 4 is 52.2 Å². The lowest BCUT2D eigenvalue weighted by molar-refractivity contribution is 0.103. The molecule has 1 amide bonds. The Morgan fingerprint density at radius 2 is 2.04 bits per heavy atom. The van der Waals surface area contributed by atoms with E-state index in [1.54, 1.807) is 18.3 Å². The van der Waals surface area contributed by atoms with Crippen LogP contribution in [0.3, 0.4) is 0 Å². The standard InChI is InChI=1S/C18H16ClN3OS2/c1-11-4-3-5-20-17(11)12-6-16(25-10-12)18(23)21-14-7-13(19)8-15(9-14)22-24-2/h3-10,22H,1-2H3,(H,21,23). The summed E-state index contributed by atoms with van der Waals surface area (Å²) in [6.07, 6.45) is 3.68. The third-order valence-corrected chi connectivity index (χ3v) is 5.07. The molecule has 3 aromatic rings. The van der Waals surface area contributed by atoms with Crippen LogP contribution in [-0.2, 0) is 0 Å². The van der Waals surface area contributed by atoms with E-state index in [-0.39, 0.29) is 5.91 Å². The predicted octanol–water partition coefficient (Wildman–Crippen LogP) is 5.71. The van der Waals surface area contributed by atoms with Crippen molar-refractivity contribution in [3.8, 4) is 11.3 Å². The molecule has 0 aliphatic carbocycles. The first-order valence-corrected chi connectivity index (χ1v) is 9.96. The van der Waals surface area contributed by atoms with Crippen molar-refractivity contribution in [3.05, 3.63) is 63.4 Å². The van der Waals surface area contributed by atoms with E-state index in [1.165, 1.54) is 23.3 Å². The highest BCUT2D eigenvalue weighted by Gasteiger charge is 2.13. The number of aromatic nitrogens is 1. The van der Waals surface area contributed by atoms with Crippen molar-refractivity contribution in [2.45, 2.75) is 6.92 Å². The fraction of sp³-hybridized carbons (Fsp3) is 0.111. The molecule has 0 fully saturated rings. The second kappa shape index (κ2) is 7.91. The van der Waals surface area contributed by atoms with Crippen LogP contribution in [-0.4, -0.2) is 17.1 Å². The lowest BCUT2D eigenvalue weighted by Gasteiger charge is -2.08. The summed E-state index contributed by atoms with van der Waals surface area (Å²) >= 11 is 8.97. The van der Waals surface area contributed by atoms with E-state index in [1.807, 2.05) is 42.8 Å². The predicted molar refractivity (Wildman–Crippen MR) is 109 cm³/mol. The highest BCUT2D eigenvalue weighted by molar-refractivity contribution is 7.99. The van der Waals surface area contributed by atoms with Crippen molar-refractivity contribution < 1.29 is 4.79 Å². The molecule has 0 saturated carbocycles. The minimum Gasteiger partial charge on any atom is -0.330 e. The monoisotopic (exact) mass is 389 g/mol. The number of carbonyl (C=O) groups excluding carboxylic acids is 1. The molecule has 0 saturated heterocycles. The molecule has 0 atom stereocenters. The molecule has 2 aromatic heterocycles. The fourth-order valence-corrected chi connectivity index (χ4v) is 3.77. The van der Waals surface area contributed by atoms with Gasteiger partial charge >= 0.3 is 0 Å². The average Bonchev–Trinajstić information content (AvgIpc) is 3.05. The summed E-state index contributed by atoms with van der Waals surface area (Å²) in [5.41, 5.74) is 4.41. The second-order valence-electron chi connectivity index (χ2n) is 5.36. The van der Waals surface area contributed by atoms with Gasteiger partial charge in [-0.1, -0.05) is 29.6 Å². The van der Waals surface area contributed by atoms with Crippen molar-refractivity contribution in [3.63, 3.8) is 0 Å². The van der Waals surface area contributed by atoms with Gasteiger partial charge in [-0.25, -0.2) is 0 Å². The van der Waals surface area contributed by atoms with Crippen LogP contribution in [0.15, 0.2) is 48.0 Å². The van der Waals surface area contributed by atoms with Crippen LogP contribution in [0.1, 0.15) is 15.2 Å². The summed E-state index contributed by atoms with van der Waals surface area (Å²) in [7, 11) is 0. The third-order valence-electron chi connectivity index (χ3n) is 3.48. The first-order chi connectivity index (χ1) is 12.1. The molecule has 128 valence electrons. The number of nitrogens with zero attached hydrogens (tertiary/aromatic N) is 1. The Balaban J connectivity index is 1.80. The van der Waals surface area contributed by atoms with Gasteiger partial charge < -0.3 is 10.0 Å². The van der Waals surface area contributed by atoms with Crippen molar-refractivity contribution in [2.75, 3.05) is 16.3 Å². The third kappa shape index (κ3) is 4.34. The average molecular weight is 390 g/mol. The smallest absolute Gasteiger partial charge is 0.265 e. The van der Waals surface area contributed by atoms with E-state index in [0.29, 0.717) is 15.6 Å². The number of thiophene rings is 1. The number of pyridine rings is 1. The van der Waals surface area contributed by atoms with Crippen molar-refractivity contribution in [1.29, 1.82) is 0 Å². The zero-order valence-electron chi connectivity index (χ0n) is 13.7. The van der Waals surface area contributed by atoms with E-state index < -0.39 is 0 Å². The normalized spacial score (nSPS) is 10.5. The van der Waals surface area contributed by atoms with E-state index in [2.05, 4.69) is 15.0 Å². The molecule has 0 spiro atoms. The Bertz CT molecular complexity index is 911. The van der Waals surface area contributed by atoms with Crippen LogP contribution < -0.4 is 10.0 Å². The molecule has 25 heavy (non-hydrogen) atoms. The summed E-state index contributed by atoms with van der Waals surface area (Å²) in [5, 5.41) is 5.40. The quantitative estimate of drug-likeness (QED) is 0.548. The lowest BCUT2D eigenvalue weighted by Crippen LogP contribution is -2.10. The number of hydrogen-bond acceptors (Lipinski definition) is 5. The molecule has 2 heterocycles. The van der Waals surface area contributed by atoms with E-state index in [4.69, 9.17) is 11.6 Å². The maximum absolute atomic E-state index is 12.5. The maximum Gasteiger partial charge on any atom is 0.265 e. The summed E-state index contributed by atoms with van der Waals surface area (Å²) in [6.45, 7) is 2.01. The molecule has 3 rings (SSSR count). The van der Waals surface area contributed by atoms with Gasteiger partial charge in [-0.3, -0.25) is 9.78 Å². The largest absolute Gasteiger partial charge is 0.330 e. The first kappa shape index (κ1) is 17.8. The van der Waals surface area contributed by atoms with Gasteiger partial charge in [0, 0.05) is 39.8 Å². The molecule has 2 N–H and O–H groups in total. The van der Waals surface area contributed by atoms with Gasteiger partial charge in [0.05, 0.1) is 10.6 Å². The highest BCUT2D eigenvalue weighted by atomic mass is 35.5. The number of aryl methyl sites for hydroxylation is 1. The van der Waals surface area contributed by atoms with Gasteiger partial charge in [0.2, 0.25) is 0 Å². The van der Waals surface area contributed by atoms with Crippen LogP contribution >= 0.6 is 34.9 Å². The van der Waals surface area contributed by atoms with E-state index >= 15 is 0 Å². The maximum atomic E-state index is 12.5. The molecule has 0 aliphatic heterocycles. The molecule has 0 unspecified atom stereocenters. The Hall–Kier alpha value is -2.02. The summed E-state index contributed by atoms with van der Waals surface area (Å²) < 4.78 is 3.11. The molecule has 1 aromatic carbocycles. The number of halogens is 1. The van der Waals surface area contributed by atoms with Crippen LogP contribution in [0.4, 0.5) is 11.4 Å². The minimum absolute atomic E-state index is 0.165. The topological polar surface area (TPSA) is 54.0 Å². The molecular weight excluding hydrogens is 374 g/mol. The molecule has 0 radical (unpaired) electrons. The van der Waals surface area contributed by atoms with Crippen molar-refractivity contribution in [1.82, 2.24) is 4.98 Å². The van der Waals surface area contributed by atoms with E-state index in [0.717, 1.165) is 22.5 Å². The van der Waals surface area contributed by atoms with Crippen LogP contribution in [0.2, 0.25) is 5.02 Å². The van der Waals surface area contributed by atoms with Gasteiger partial charge in [-0.15, -0.1) is 11.3 Å². The second-order valence-corrected chi connectivity index (χ2v) is 7.32. The van der Waals surface area contributed by atoms with E-state index in [9.17, 15) is 4.79 Å². The Morgan fingerprint density at radius 3 is 2.80 bits per heavy atom. The van der Waals surface area contributed by atoms with Crippen LogP contribution in [0, 0.1) is 6.92 Å². The number of carbonyl (C=O) groups is 1. The Labute approximate surface area is 159 Å². The van der Waals surface area contributed by atoms with Crippen LogP contribution in [0.5, 0.6) is 0 Å². The Morgan fingerprint density at radius 1 is 1.24 bits per heavy atom. The Kier molecular flexibility index (Phi) is 5.63. The minimum atomic E-state index is -0.165. The zero-order chi connectivity index (χ0) is 17.8. The molecule has 4 nitrogen and oxygen atoms in total. The highest BCUT2D eigenvalue weighted by Crippen LogP contribution is 2.28. The summed E-state index contributed by atoms with van der Waals surface area (Å²) in [5.74, 6) is -0.165. The van der Waals surface area contributed by atoms with Gasteiger partial charge in [0.25, 0.3) is 5.91 Å². The zero-order valence-corrected chi connectivity index (χ0v) is 16.1. The fourth-order valence-electron chi connectivity index (χ4n) is 2.40. The number of rotatable bonds is 5. The lowest BCUT2D eigenvalue weighted by atomic mass is 10.1. The molecule has 0 bridgehead atoms. The molecule has 0 aliphatic rings. The molecule has 7 heteroatoms. The molecular formula is C18H16ClN3OS2. The number of anilines is 2. The SMILES string of the molecule is CSNc1cc(Cl)cc(NC(=O)c2cc(-c3ncccc3C)cs2)c1. The summed E-state index contributed by atoms with van der Waals surface area (Å²) in [4.78, 5) is 17.6. The number of benzene rings is 1. The van der Waals surface area contributed by atoms with Crippen LogP contribution in [0.25, 0.3) is 11.3 Å².